The van der Waals surface area contributed by atoms with Gasteiger partial charge in [-0.05, 0) is 22.6 Å². The third-order valence-corrected chi connectivity index (χ3v) is 6.29. The summed E-state index contributed by atoms with van der Waals surface area (Å²) in [7, 11) is 1.77. The zero-order valence-electron chi connectivity index (χ0n) is 20.4. The number of piperazine rings is 1. The molecule has 4 heteroatoms. The predicted octanol–water partition coefficient (Wildman–Crippen LogP) is 5.89. The Labute approximate surface area is 198 Å². The van der Waals surface area contributed by atoms with Crippen LogP contribution in [0.2, 0.25) is 0 Å². The Hall–Kier alpha value is -2.98. The van der Waals surface area contributed by atoms with E-state index in [1.54, 1.807) is 7.11 Å². The highest BCUT2D eigenvalue weighted by atomic mass is 16.5. The van der Waals surface area contributed by atoms with Gasteiger partial charge in [0.25, 0.3) is 0 Å². The minimum absolute atomic E-state index is 0.0494. The van der Waals surface area contributed by atoms with Crippen LogP contribution in [0.15, 0.2) is 72.8 Å². The molecule has 1 aliphatic rings. The van der Waals surface area contributed by atoms with Crippen LogP contribution in [0.4, 0.5) is 5.69 Å². The van der Waals surface area contributed by atoms with E-state index in [9.17, 15) is 0 Å². The lowest BCUT2D eigenvalue weighted by Gasteiger charge is -2.37. The second kappa shape index (κ2) is 10.3. The Morgan fingerprint density at radius 2 is 1.36 bits per heavy atom. The van der Waals surface area contributed by atoms with Gasteiger partial charge in [-0.25, -0.2) is 0 Å². The maximum atomic E-state index is 6.39. The Balaban J connectivity index is 1.53. The lowest BCUT2D eigenvalue weighted by molar-refractivity contribution is 0.248. The molecular weight excluding hydrogens is 408 g/mol. The van der Waals surface area contributed by atoms with Crippen molar-refractivity contribution in [3.8, 4) is 11.5 Å². The number of nitrogens with zero attached hydrogens (tertiary/aromatic N) is 2. The van der Waals surface area contributed by atoms with Crippen LogP contribution in [-0.4, -0.2) is 38.2 Å². The maximum absolute atomic E-state index is 6.39. The van der Waals surface area contributed by atoms with E-state index in [0.717, 1.165) is 49.9 Å². The third-order valence-electron chi connectivity index (χ3n) is 6.29. The molecule has 0 atom stereocenters. The molecule has 4 nitrogen and oxygen atoms in total. The molecule has 1 fully saturated rings. The Morgan fingerprint density at radius 3 is 1.94 bits per heavy atom. The molecule has 0 N–H and O–H groups in total. The number of hydrogen-bond acceptors (Lipinski definition) is 4. The van der Waals surface area contributed by atoms with Crippen LogP contribution in [0.5, 0.6) is 11.5 Å². The van der Waals surface area contributed by atoms with Crippen LogP contribution >= 0.6 is 0 Å². The molecule has 4 rings (SSSR count). The molecule has 0 bridgehead atoms. The quantitative estimate of drug-likeness (QED) is 0.453. The molecule has 174 valence electrons. The molecular formula is C29H36N2O2. The van der Waals surface area contributed by atoms with Crippen molar-refractivity contribution in [3.05, 3.63) is 89.5 Å². The van der Waals surface area contributed by atoms with Gasteiger partial charge in [0, 0.05) is 44.4 Å². The molecule has 0 radical (unpaired) electrons. The van der Waals surface area contributed by atoms with Gasteiger partial charge in [-0.2, -0.15) is 0 Å². The lowest BCUT2D eigenvalue weighted by atomic mass is 9.85. The number of hydrogen-bond donors (Lipinski definition) is 0. The Kier molecular flexibility index (Phi) is 7.24. The first-order valence-corrected chi connectivity index (χ1v) is 11.8. The largest absolute Gasteiger partial charge is 0.495 e. The van der Waals surface area contributed by atoms with Crippen molar-refractivity contribution in [3.63, 3.8) is 0 Å². The summed E-state index contributed by atoms with van der Waals surface area (Å²) >= 11 is 0. The number of methoxy groups -OCH3 is 1. The summed E-state index contributed by atoms with van der Waals surface area (Å²) in [6, 6.07) is 25.4. The lowest BCUT2D eigenvalue weighted by Crippen LogP contribution is -2.46. The van der Waals surface area contributed by atoms with Gasteiger partial charge in [-0.15, -0.1) is 0 Å². The third kappa shape index (κ3) is 5.88. The summed E-state index contributed by atoms with van der Waals surface area (Å²) < 4.78 is 12.3. The van der Waals surface area contributed by atoms with Crippen molar-refractivity contribution in [2.75, 3.05) is 38.2 Å². The number of rotatable bonds is 7. The molecule has 0 amide bonds. The van der Waals surface area contributed by atoms with E-state index in [2.05, 4.69) is 97.3 Å². The van der Waals surface area contributed by atoms with E-state index in [0.29, 0.717) is 6.61 Å². The molecule has 0 saturated carbocycles. The van der Waals surface area contributed by atoms with Crippen molar-refractivity contribution >= 4 is 5.69 Å². The van der Waals surface area contributed by atoms with E-state index in [1.807, 2.05) is 6.07 Å². The fraction of sp³-hybridized carbons (Fsp3) is 0.379. The molecule has 33 heavy (non-hydrogen) atoms. The van der Waals surface area contributed by atoms with E-state index in [1.165, 1.54) is 16.7 Å². The van der Waals surface area contributed by atoms with Gasteiger partial charge < -0.3 is 14.4 Å². The summed E-state index contributed by atoms with van der Waals surface area (Å²) in [5, 5.41) is 0. The highest BCUT2D eigenvalue weighted by Gasteiger charge is 2.26. The Morgan fingerprint density at radius 1 is 0.758 bits per heavy atom. The zero-order valence-corrected chi connectivity index (χ0v) is 20.4. The van der Waals surface area contributed by atoms with Gasteiger partial charge in [-0.3, -0.25) is 4.90 Å². The molecule has 1 heterocycles. The fourth-order valence-corrected chi connectivity index (χ4v) is 4.39. The maximum Gasteiger partial charge on any atom is 0.142 e. The van der Waals surface area contributed by atoms with Gasteiger partial charge in [0.1, 0.15) is 18.1 Å². The predicted molar refractivity (Wildman–Crippen MR) is 136 cm³/mol. The van der Waals surface area contributed by atoms with Gasteiger partial charge in [0.15, 0.2) is 0 Å². The van der Waals surface area contributed by atoms with Gasteiger partial charge in [0.05, 0.1) is 12.8 Å². The normalized spacial score (nSPS) is 14.8. The van der Waals surface area contributed by atoms with E-state index < -0.39 is 0 Å². The highest BCUT2D eigenvalue weighted by Crippen LogP contribution is 2.41. The number of anilines is 1. The van der Waals surface area contributed by atoms with E-state index in [-0.39, 0.29) is 5.41 Å². The highest BCUT2D eigenvalue weighted by molar-refractivity contribution is 5.65. The van der Waals surface area contributed by atoms with E-state index >= 15 is 0 Å². The molecule has 1 aliphatic heterocycles. The van der Waals surface area contributed by atoms with Crippen molar-refractivity contribution in [2.45, 2.75) is 39.3 Å². The second-order valence-corrected chi connectivity index (χ2v) is 9.79. The van der Waals surface area contributed by atoms with Crippen molar-refractivity contribution in [1.82, 2.24) is 4.90 Å². The topological polar surface area (TPSA) is 24.9 Å². The van der Waals surface area contributed by atoms with Crippen molar-refractivity contribution < 1.29 is 9.47 Å². The summed E-state index contributed by atoms with van der Waals surface area (Å²) in [5.74, 6) is 1.86. The first kappa shape index (κ1) is 23.2. The molecule has 0 aromatic heterocycles. The van der Waals surface area contributed by atoms with Crippen LogP contribution in [0, 0.1) is 0 Å². The van der Waals surface area contributed by atoms with Crippen LogP contribution in [0.1, 0.15) is 37.5 Å². The average Bonchev–Trinajstić information content (AvgIpc) is 2.83. The number of benzene rings is 3. The van der Waals surface area contributed by atoms with E-state index in [4.69, 9.17) is 9.47 Å². The van der Waals surface area contributed by atoms with Crippen molar-refractivity contribution in [1.29, 1.82) is 0 Å². The molecule has 0 unspecified atom stereocenters. The monoisotopic (exact) mass is 444 g/mol. The molecule has 3 aromatic rings. The molecule has 1 saturated heterocycles. The summed E-state index contributed by atoms with van der Waals surface area (Å²) in [6.45, 7) is 12.2. The van der Waals surface area contributed by atoms with Crippen molar-refractivity contribution in [2.24, 2.45) is 0 Å². The Bertz CT molecular complexity index is 1020. The van der Waals surface area contributed by atoms with Crippen LogP contribution in [0.25, 0.3) is 0 Å². The summed E-state index contributed by atoms with van der Waals surface area (Å²) in [5.41, 5.74) is 4.78. The SMILES string of the molecule is COc1cc(C(C)(C)C)c(OCc2ccccc2)cc1N1CCN(Cc2ccccc2)CC1. The minimum Gasteiger partial charge on any atom is -0.495 e. The second-order valence-electron chi connectivity index (χ2n) is 9.79. The molecule has 3 aromatic carbocycles. The molecule has 0 spiro atoms. The first-order chi connectivity index (χ1) is 15.9. The van der Waals surface area contributed by atoms with Gasteiger partial charge >= 0.3 is 0 Å². The van der Waals surface area contributed by atoms with Gasteiger partial charge in [-0.1, -0.05) is 81.4 Å². The summed E-state index contributed by atoms with van der Waals surface area (Å²) in [4.78, 5) is 4.96. The zero-order chi connectivity index (χ0) is 23.3. The van der Waals surface area contributed by atoms with Gasteiger partial charge in [0.2, 0.25) is 0 Å². The van der Waals surface area contributed by atoms with Crippen LogP contribution in [0.3, 0.4) is 0 Å². The standard InChI is InChI=1S/C29H36N2O2/c1-29(2,3)25-19-28(32-4)26(20-27(25)33-22-24-13-9-6-10-14-24)31-17-15-30(16-18-31)21-23-11-7-5-8-12-23/h5-14,19-20H,15-18,21-22H2,1-4H3. The average molecular weight is 445 g/mol. The molecule has 0 aliphatic carbocycles. The van der Waals surface area contributed by atoms with Crippen LogP contribution < -0.4 is 14.4 Å². The fourth-order valence-electron chi connectivity index (χ4n) is 4.39. The summed E-state index contributed by atoms with van der Waals surface area (Å²) in [6.07, 6.45) is 0. The first-order valence-electron chi connectivity index (χ1n) is 11.8. The number of ether oxygens (including phenoxy) is 2. The smallest absolute Gasteiger partial charge is 0.142 e. The minimum atomic E-state index is -0.0494. The van der Waals surface area contributed by atoms with Crippen LogP contribution in [-0.2, 0) is 18.6 Å².